The van der Waals surface area contributed by atoms with E-state index in [9.17, 15) is 15.2 Å². The molecule has 2 N–H and O–H groups in total. The van der Waals surface area contributed by atoms with Crippen LogP contribution >= 0.6 is 0 Å². The lowest BCUT2D eigenvalue weighted by Gasteiger charge is -2.37. The number of hydrogen-bond acceptors (Lipinski definition) is 5. The summed E-state index contributed by atoms with van der Waals surface area (Å²) in [6.45, 7) is 2.13. The molecule has 0 unspecified atom stereocenters. The SMILES string of the molecule is Cc1ccc2c(c1)[C@@H]1C=CC[C@H]1[C@H](c1ccc(N=Cc3ccc(O)c([N+](=O)[O-])c3)cc1)N2. The minimum Gasteiger partial charge on any atom is -0.502 e. The normalized spacial score (nSPS) is 21.2. The van der Waals surface area contributed by atoms with Crippen LogP contribution in [0.15, 0.2) is 77.8 Å². The maximum absolute atomic E-state index is 11.0. The number of rotatable bonds is 4. The third-order valence-corrected chi connectivity index (χ3v) is 6.33. The van der Waals surface area contributed by atoms with Crippen molar-refractivity contribution in [2.24, 2.45) is 10.9 Å². The lowest BCUT2D eigenvalue weighted by atomic mass is 9.76. The fraction of sp³-hybridized carbons (Fsp3) is 0.192. The molecule has 1 aliphatic heterocycles. The van der Waals surface area contributed by atoms with E-state index in [2.05, 4.69) is 59.7 Å². The number of hydrogen-bond donors (Lipinski definition) is 2. The topological polar surface area (TPSA) is 87.8 Å². The van der Waals surface area contributed by atoms with Gasteiger partial charge in [0.2, 0.25) is 0 Å². The van der Waals surface area contributed by atoms with Crippen LogP contribution in [-0.2, 0) is 0 Å². The zero-order chi connectivity index (χ0) is 22.2. The van der Waals surface area contributed by atoms with Gasteiger partial charge in [-0.2, -0.15) is 0 Å². The number of fused-ring (bicyclic) bond motifs is 3. The minimum atomic E-state index is -0.608. The number of phenolic OH excluding ortho intramolecular Hbond substituents is 1. The molecule has 0 amide bonds. The Hall–Kier alpha value is -3.93. The Labute approximate surface area is 186 Å². The molecule has 2 aliphatic rings. The number of nitrogens with zero attached hydrogens (tertiary/aromatic N) is 2. The van der Waals surface area contributed by atoms with E-state index >= 15 is 0 Å². The molecule has 0 saturated heterocycles. The van der Waals surface area contributed by atoms with Crippen LogP contribution in [0.5, 0.6) is 5.75 Å². The summed E-state index contributed by atoms with van der Waals surface area (Å²) in [6.07, 6.45) is 7.24. The van der Waals surface area contributed by atoms with Crippen LogP contribution in [0.2, 0.25) is 0 Å². The molecule has 3 aromatic carbocycles. The van der Waals surface area contributed by atoms with Crippen LogP contribution in [0.4, 0.5) is 17.1 Å². The number of nitrogens with one attached hydrogen (secondary N) is 1. The summed E-state index contributed by atoms with van der Waals surface area (Å²) < 4.78 is 0. The minimum absolute atomic E-state index is 0.225. The molecule has 0 radical (unpaired) electrons. The van der Waals surface area contributed by atoms with E-state index < -0.39 is 4.92 Å². The molecule has 0 saturated carbocycles. The van der Waals surface area contributed by atoms with E-state index in [0.29, 0.717) is 17.4 Å². The summed E-state index contributed by atoms with van der Waals surface area (Å²) in [6, 6.07) is 19.2. The van der Waals surface area contributed by atoms with Crippen molar-refractivity contribution in [3.05, 3.63) is 105 Å². The maximum Gasteiger partial charge on any atom is 0.311 e. The second-order valence-electron chi connectivity index (χ2n) is 8.42. The van der Waals surface area contributed by atoms with Crippen molar-refractivity contribution in [3.8, 4) is 5.75 Å². The molecule has 3 aromatic rings. The van der Waals surface area contributed by atoms with Crippen LogP contribution < -0.4 is 5.32 Å². The quantitative estimate of drug-likeness (QED) is 0.226. The molecular formula is C26H23N3O3. The average molecular weight is 425 g/mol. The Morgan fingerprint density at radius 2 is 1.94 bits per heavy atom. The summed E-state index contributed by atoms with van der Waals surface area (Å²) >= 11 is 0. The zero-order valence-corrected chi connectivity index (χ0v) is 17.6. The molecule has 6 heteroatoms. The molecule has 1 heterocycles. The molecule has 3 atom stereocenters. The number of aryl methyl sites for hydroxylation is 1. The first-order valence-electron chi connectivity index (χ1n) is 10.6. The molecular weight excluding hydrogens is 402 g/mol. The molecule has 0 spiro atoms. The predicted molar refractivity (Wildman–Crippen MR) is 126 cm³/mol. The highest BCUT2D eigenvalue weighted by atomic mass is 16.6. The van der Waals surface area contributed by atoms with Crippen LogP contribution in [0.1, 0.15) is 40.6 Å². The lowest BCUT2D eigenvalue weighted by Crippen LogP contribution is -2.29. The van der Waals surface area contributed by atoms with Crippen molar-refractivity contribution in [1.82, 2.24) is 0 Å². The molecule has 5 rings (SSSR count). The Bertz CT molecular complexity index is 1250. The van der Waals surface area contributed by atoms with E-state index in [1.165, 1.54) is 34.5 Å². The van der Waals surface area contributed by atoms with Crippen LogP contribution in [-0.4, -0.2) is 16.2 Å². The lowest BCUT2D eigenvalue weighted by molar-refractivity contribution is -0.385. The third-order valence-electron chi connectivity index (χ3n) is 6.33. The van der Waals surface area contributed by atoms with Gasteiger partial charge in [0.05, 0.1) is 16.7 Å². The Kier molecular flexibility index (Phi) is 4.98. The highest BCUT2D eigenvalue weighted by Gasteiger charge is 2.37. The Morgan fingerprint density at radius 1 is 1.12 bits per heavy atom. The van der Waals surface area contributed by atoms with Crippen molar-refractivity contribution >= 4 is 23.3 Å². The van der Waals surface area contributed by atoms with Gasteiger partial charge in [0.25, 0.3) is 0 Å². The standard InChI is InChI=1S/C26H23N3O3/c1-16-5-11-23-22(13-16)20-3-2-4-21(20)26(28-23)18-7-9-19(10-8-18)27-15-17-6-12-25(30)24(14-17)29(31)32/h2-3,5-15,20-21,26,28,30H,4H2,1H3/t20-,21-,26+/m1/s1. The molecule has 0 bridgehead atoms. The molecule has 32 heavy (non-hydrogen) atoms. The van der Waals surface area contributed by atoms with Gasteiger partial charge in [0, 0.05) is 23.9 Å². The van der Waals surface area contributed by atoms with Crippen molar-refractivity contribution in [2.45, 2.75) is 25.3 Å². The van der Waals surface area contributed by atoms with Gasteiger partial charge < -0.3 is 10.4 Å². The van der Waals surface area contributed by atoms with Gasteiger partial charge in [-0.3, -0.25) is 15.1 Å². The number of phenols is 1. The van der Waals surface area contributed by atoms with Crippen molar-refractivity contribution in [3.63, 3.8) is 0 Å². The van der Waals surface area contributed by atoms with Gasteiger partial charge >= 0.3 is 5.69 Å². The smallest absolute Gasteiger partial charge is 0.311 e. The number of anilines is 1. The largest absolute Gasteiger partial charge is 0.502 e. The monoisotopic (exact) mass is 425 g/mol. The van der Waals surface area contributed by atoms with Gasteiger partial charge in [-0.25, -0.2) is 0 Å². The van der Waals surface area contributed by atoms with Crippen LogP contribution in [0, 0.1) is 23.0 Å². The predicted octanol–water partition coefficient (Wildman–Crippen LogP) is 6.19. The fourth-order valence-electron chi connectivity index (χ4n) is 4.73. The highest BCUT2D eigenvalue weighted by Crippen LogP contribution is 2.50. The number of aliphatic imine (C=N–C) groups is 1. The zero-order valence-electron chi connectivity index (χ0n) is 17.6. The first-order valence-corrected chi connectivity index (χ1v) is 10.6. The number of nitro benzene ring substituents is 1. The van der Waals surface area contributed by atoms with Crippen LogP contribution in [0.25, 0.3) is 0 Å². The Morgan fingerprint density at radius 3 is 2.72 bits per heavy atom. The summed E-state index contributed by atoms with van der Waals surface area (Å²) in [4.78, 5) is 14.8. The van der Waals surface area contributed by atoms with E-state index in [0.717, 1.165) is 12.1 Å². The second kappa shape index (κ2) is 7.96. The Balaban J connectivity index is 1.37. The summed E-state index contributed by atoms with van der Waals surface area (Å²) in [5, 5.41) is 24.3. The fourth-order valence-corrected chi connectivity index (χ4v) is 4.73. The second-order valence-corrected chi connectivity index (χ2v) is 8.42. The van der Waals surface area contributed by atoms with E-state index in [4.69, 9.17) is 0 Å². The molecule has 0 aromatic heterocycles. The van der Waals surface area contributed by atoms with Gasteiger partial charge in [-0.05, 0) is 66.3 Å². The third kappa shape index (κ3) is 3.64. The van der Waals surface area contributed by atoms with Gasteiger partial charge in [-0.15, -0.1) is 0 Å². The number of nitro groups is 1. The van der Waals surface area contributed by atoms with Gasteiger partial charge in [0.1, 0.15) is 0 Å². The number of aromatic hydroxyl groups is 1. The van der Waals surface area contributed by atoms with E-state index in [-0.39, 0.29) is 17.5 Å². The number of allylic oxidation sites excluding steroid dienone is 2. The molecule has 160 valence electrons. The maximum atomic E-state index is 11.0. The first-order chi connectivity index (χ1) is 15.5. The van der Waals surface area contributed by atoms with Crippen molar-refractivity contribution in [2.75, 3.05) is 5.32 Å². The van der Waals surface area contributed by atoms with Gasteiger partial charge in [0.15, 0.2) is 5.75 Å². The molecule has 6 nitrogen and oxygen atoms in total. The van der Waals surface area contributed by atoms with Crippen LogP contribution in [0.3, 0.4) is 0 Å². The van der Waals surface area contributed by atoms with Crippen molar-refractivity contribution in [1.29, 1.82) is 0 Å². The van der Waals surface area contributed by atoms with Crippen molar-refractivity contribution < 1.29 is 10.0 Å². The van der Waals surface area contributed by atoms with E-state index in [1.807, 2.05) is 12.1 Å². The van der Waals surface area contributed by atoms with Gasteiger partial charge in [-0.1, -0.05) is 42.0 Å². The highest BCUT2D eigenvalue weighted by molar-refractivity contribution is 5.83. The van der Waals surface area contributed by atoms with E-state index in [1.54, 1.807) is 12.3 Å². The summed E-state index contributed by atoms with van der Waals surface area (Å²) in [7, 11) is 0. The summed E-state index contributed by atoms with van der Waals surface area (Å²) in [5.41, 5.74) is 6.06. The molecule has 0 fully saturated rings. The summed E-state index contributed by atoms with van der Waals surface area (Å²) in [5.74, 6) is 0.559. The molecule has 1 aliphatic carbocycles. The average Bonchev–Trinajstić information content (AvgIpc) is 3.29. The number of benzene rings is 3. The first kappa shape index (κ1) is 20.0.